The molecule has 0 radical (unpaired) electrons. The Morgan fingerprint density at radius 3 is 2.37 bits per heavy atom. The summed E-state index contributed by atoms with van der Waals surface area (Å²) < 4.78 is 0. The number of hydrogen-bond donors (Lipinski definition) is 1. The molecular formula is C15H20NO3-. The first-order valence-corrected chi connectivity index (χ1v) is 6.70. The van der Waals surface area contributed by atoms with Gasteiger partial charge in [-0.1, -0.05) is 38.3 Å². The lowest BCUT2D eigenvalue weighted by atomic mass is 10.0. The topological polar surface area (TPSA) is 69.2 Å². The first kappa shape index (κ1) is 15.2. The zero-order chi connectivity index (χ0) is 14.1. The van der Waals surface area contributed by atoms with E-state index in [1.54, 1.807) is 12.1 Å². The van der Waals surface area contributed by atoms with Crippen molar-refractivity contribution in [3.63, 3.8) is 0 Å². The molecule has 0 atom stereocenters. The summed E-state index contributed by atoms with van der Waals surface area (Å²) >= 11 is 0. The number of amides is 1. The second-order valence-electron chi connectivity index (χ2n) is 4.56. The monoisotopic (exact) mass is 262 g/mol. The van der Waals surface area contributed by atoms with E-state index in [2.05, 4.69) is 12.2 Å². The van der Waals surface area contributed by atoms with Crippen molar-refractivity contribution in [2.24, 2.45) is 0 Å². The number of carboxylic acid groups (broad SMARTS) is 1. The summed E-state index contributed by atoms with van der Waals surface area (Å²) in [4.78, 5) is 21.8. The number of carbonyl (C=O) groups excluding carboxylic acids is 2. The van der Waals surface area contributed by atoms with Crippen molar-refractivity contribution >= 4 is 11.9 Å². The standard InChI is InChI=1S/C15H21NO3/c1-2-3-4-5-6-12-7-9-13(10-8-12)15(19)16-11-14(17)18/h7-10H,2-6,11H2,1H3,(H,16,19)(H,17,18)/p-1. The molecule has 0 unspecified atom stereocenters. The van der Waals surface area contributed by atoms with E-state index in [0.717, 1.165) is 12.8 Å². The summed E-state index contributed by atoms with van der Waals surface area (Å²) in [6.07, 6.45) is 5.87. The molecule has 0 aliphatic carbocycles. The first-order valence-electron chi connectivity index (χ1n) is 6.70. The lowest BCUT2D eigenvalue weighted by Crippen LogP contribution is -2.37. The van der Waals surface area contributed by atoms with Crippen LogP contribution in [0, 0.1) is 0 Å². The Balaban J connectivity index is 2.42. The Labute approximate surface area is 113 Å². The van der Waals surface area contributed by atoms with E-state index in [-0.39, 0.29) is 5.91 Å². The number of hydrogen-bond acceptors (Lipinski definition) is 3. The summed E-state index contributed by atoms with van der Waals surface area (Å²) in [6, 6.07) is 7.28. The van der Waals surface area contributed by atoms with Gasteiger partial charge in [-0.3, -0.25) is 4.79 Å². The summed E-state index contributed by atoms with van der Waals surface area (Å²) in [6.45, 7) is 1.72. The molecule has 0 aromatic heterocycles. The maximum absolute atomic E-state index is 11.6. The van der Waals surface area contributed by atoms with Crippen LogP contribution < -0.4 is 10.4 Å². The molecule has 1 N–H and O–H groups in total. The van der Waals surface area contributed by atoms with E-state index in [4.69, 9.17) is 0 Å². The number of nitrogens with one attached hydrogen (secondary N) is 1. The predicted octanol–water partition coefficient (Wildman–Crippen LogP) is 1.29. The number of rotatable bonds is 8. The molecule has 0 spiro atoms. The van der Waals surface area contributed by atoms with Crippen LogP contribution >= 0.6 is 0 Å². The molecule has 4 heteroatoms. The molecule has 4 nitrogen and oxygen atoms in total. The van der Waals surface area contributed by atoms with Crippen molar-refractivity contribution in [3.8, 4) is 0 Å². The van der Waals surface area contributed by atoms with E-state index in [9.17, 15) is 14.7 Å². The highest BCUT2D eigenvalue weighted by molar-refractivity contribution is 5.95. The number of aryl methyl sites for hydroxylation is 1. The fourth-order valence-electron chi connectivity index (χ4n) is 1.83. The van der Waals surface area contributed by atoms with Gasteiger partial charge in [-0.05, 0) is 30.5 Å². The van der Waals surface area contributed by atoms with Crippen molar-refractivity contribution in [2.75, 3.05) is 6.54 Å². The largest absolute Gasteiger partial charge is 0.548 e. The number of carboxylic acids is 1. The third kappa shape index (κ3) is 6.04. The third-order valence-corrected chi connectivity index (χ3v) is 2.93. The molecule has 104 valence electrons. The molecule has 0 saturated carbocycles. The zero-order valence-corrected chi connectivity index (χ0v) is 11.3. The van der Waals surface area contributed by atoms with Crippen LogP contribution in [0.25, 0.3) is 0 Å². The molecule has 1 aromatic rings. The van der Waals surface area contributed by atoms with Crippen LogP contribution in [0.15, 0.2) is 24.3 Å². The van der Waals surface area contributed by atoms with Gasteiger partial charge in [0, 0.05) is 5.56 Å². The van der Waals surface area contributed by atoms with Gasteiger partial charge in [0.05, 0.1) is 12.5 Å². The van der Waals surface area contributed by atoms with Gasteiger partial charge in [0.2, 0.25) is 0 Å². The maximum atomic E-state index is 11.6. The van der Waals surface area contributed by atoms with Crippen molar-refractivity contribution in [2.45, 2.75) is 39.0 Å². The first-order chi connectivity index (χ1) is 9.13. The van der Waals surface area contributed by atoms with Crippen LogP contribution in [0.3, 0.4) is 0 Å². The van der Waals surface area contributed by atoms with Crippen molar-refractivity contribution < 1.29 is 14.7 Å². The van der Waals surface area contributed by atoms with Gasteiger partial charge in [0.25, 0.3) is 5.91 Å². The number of aliphatic carboxylic acids is 1. The number of benzene rings is 1. The van der Waals surface area contributed by atoms with Gasteiger partial charge in [-0.2, -0.15) is 0 Å². The van der Waals surface area contributed by atoms with Crippen LogP contribution in [0.1, 0.15) is 48.5 Å². The molecule has 0 aliphatic rings. The van der Waals surface area contributed by atoms with E-state index in [0.29, 0.717) is 5.56 Å². The van der Waals surface area contributed by atoms with E-state index < -0.39 is 12.5 Å². The van der Waals surface area contributed by atoms with Crippen LogP contribution in [0.4, 0.5) is 0 Å². The maximum Gasteiger partial charge on any atom is 0.251 e. The molecular weight excluding hydrogens is 242 g/mol. The highest BCUT2D eigenvalue weighted by Crippen LogP contribution is 2.09. The minimum absolute atomic E-state index is 0.387. The average molecular weight is 262 g/mol. The highest BCUT2D eigenvalue weighted by atomic mass is 16.4. The summed E-state index contributed by atoms with van der Waals surface area (Å²) in [5.41, 5.74) is 1.67. The molecule has 1 amide bonds. The van der Waals surface area contributed by atoms with E-state index in [1.807, 2.05) is 12.1 Å². The number of carbonyl (C=O) groups is 2. The fraction of sp³-hybridized carbons (Fsp3) is 0.467. The summed E-state index contributed by atoms with van der Waals surface area (Å²) in [5.74, 6) is -1.68. The van der Waals surface area contributed by atoms with Gasteiger partial charge in [-0.15, -0.1) is 0 Å². The van der Waals surface area contributed by atoms with Gasteiger partial charge < -0.3 is 15.2 Å². The predicted molar refractivity (Wildman–Crippen MR) is 71.6 cm³/mol. The normalized spacial score (nSPS) is 10.2. The van der Waals surface area contributed by atoms with Crippen molar-refractivity contribution in [1.82, 2.24) is 5.32 Å². The second kappa shape index (κ2) is 8.29. The minimum Gasteiger partial charge on any atom is -0.548 e. The highest BCUT2D eigenvalue weighted by Gasteiger charge is 2.04. The van der Waals surface area contributed by atoms with Crippen molar-refractivity contribution in [1.29, 1.82) is 0 Å². The van der Waals surface area contributed by atoms with Crippen LogP contribution in [-0.2, 0) is 11.2 Å². The summed E-state index contributed by atoms with van der Waals surface area (Å²) in [7, 11) is 0. The molecule has 1 aromatic carbocycles. The Kier molecular flexibility index (Phi) is 6.64. The van der Waals surface area contributed by atoms with E-state index in [1.165, 1.54) is 24.8 Å². The Hall–Kier alpha value is -1.84. The Morgan fingerprint density at radius 2 is 1.79 bits per heavy atom. The quantitative estimate of drug-likeness (QED) is 0.718. The molecule has 0 bridgehead atoms. The average Bonchev–Trinajstić information content (AvgIpc) is 2.41. The molecule has 0 aliphatic heterocycles. The Morgan fingerprint density at radius 1 is 1.11 bits per heavy atom. The minimum atomic E-state index is -1.29. The van der Waals surface area contributed by atoms with Crippen LogP contribution in [0.5, 0.6) is 0 Å². The van der Waals surface area contributed by atoms with Crippen LogP contribution in [-0.4, -0.2) is 18.4 Å². The van der Waals surface area contributed by atoms with E-state index >= 15 is 0 Å². The van der Waals surface area contributed by atoms with Gasteiger partial charge in [0.15, 0.2) is 0 Å². The molecule has 19 heavy (non-hydrogen) atoms. The SMILES string of the molecule is CCCCCCc1ccc(C(=O)NCC(=O)[O-])cc1. The lowest BCUT2D eigenvalue weighted by Gasteiger charge is -2.06. The zero-order valence-electron chi connectivity index (χ0n) is 11.3. The fourth-order valence-corrected chi connectivity index (χ4v) is 1.83. The number of unbranched alkanes of at least 4 members (excludes halogenated alkanes) is 3. The van der Waals surface area contributed by atoms with Gasteiger partial charge >= 0.3 is 0 Å². The van der Waals surface area contributed by atoms with Gasteiger partial charge in [-0.25, -0.2) is 0 Å². The molecule has 1 rings (SSSR count). The second-order valence-corrected chi connectivity index (χ2v) is 4.56. The van der Waals surface area contributed by atoms with Gasteiger partial charge in [0.1, 0.15) is 0 Å². The Bertz CT molecular complexity index is 412. The third-order valence-electron chi connectivity index (χ3n) is 2.93. The van der Waals surface area contributed by atoms with Crippen molar-refractivity contribution in [3.05, 3.63) is 35.4 Å². The molecule has 0 saturated heterocycles. The molecule has 0 fully saturated rings. The molecule has 0 heterocycles. The smallest absolute Gasteiger partial charge is 0.251 e. The summed E-state index contributed by atoms with van der Waals surface area (Å²) in [5, 5.41) is 12.5. The lowest BCUT2D eigenvalue weighted by molar-refractivity contribution is -0.303. The van der Waals surface area contributed by atoms with Crippen LogP contribution in [0.2, 0.25) is 0 Å².